The molecule has 14 heteroatoms. The Morgan fingerprint density at radius 2 is 1.61 bits per heavy atom. The van der Waals surface area contributed by atoms with Crippen molar-refractivity contribution in [1.82, 2.24) is 19.4 Å². The molecule has 1 aromatic rings. The van der Waals surface area contributed by atoms with Crippen LogP contribution in [0, 0.1) is 0 Å². The molecule has 0 radical (unpaired) electrons. The van der Waals surface area contributed by atoms with E-state index in [0.717, 1.165) is 39.3 Å². The largest absolute Gasteiger partial charge is 0.490 e. The highest BCUT2D eigenvalue weighted by molar-refractivity contribution is 7.89. The number of sulfonamides is 1. The molecule has 2 aliphatic heterocycles. The minimum Gasteiger partial charge on any atom is -0.475 e. The smallest absolute Gasteiger partial charge is 0.475 e. The molecule has 1 aromatic carbocycles. The van der Waals surface area contributed by atoms with Gasteiger partial charge in [0, 0.05) is 64.5 Å². The van der Waals surface area contributed by atoms with Gasteiger partial charge in [-0.3, -0.25) is 9.69 Å². The Balaban J connectivity index is 0.000000572. The molecular weight excluding hydrogens is 505 g/mol. The van der Waals surface area contributed by atoms with Crippen molar-refractivity contribution >= 4 is 21.9 Å². The molecule has 0 aliphatic carbocycles. The average Bonchev–Trinajstić information content (AvgIpc) is 2.87. The number of hydrogen-bond acceptors (Lipinski definition) is 7. The number of carbonyl (C=O) groups excluding carboxylic acids is 1. The van der Waals surface area contributed by atoms with Crippen molar-refractivity contribution in [2.45, 2.75) is 12.6 Å². The first-order valence-corrected chi connectivity index (χ1v) is 13.2. The molecule has 1 amide bonds. The number of aliphatic carboxylic acids is 1. The van der Waals surface area contributed by atoms with Crippen LogP contribution in [0.5, 0.6) is 0 Å². The second-order valence-electron chi connectivity index (χ2n) is 8.23. The maximum Gasteiger partial charge on any atom is 0.490 e. The van der Waals surface area contributed by atoms with E-state index in [1.165, 1.54) is 4.31 Å². The molecule has 2 aliphatic rings. The molecule has 0 unspecified atom stereocenters. The molecule has 2 saturated heterocycles. The fourth-order valence-corrected chi connectivity index (χ4v) is 5.11. The van der Waals surface area contributed by atoms with Gasteiger partial charge in [-0.15, -0.1) is 0 Å². The molecule has 0 atom stereocenters. The second-order valence-corrected chi connectivity index (χ2v) is 10.3. The van der Waals surface area contributed by atoms with Gasteiger partial charge in [0.1, 0.15) is 0 Å². The van der Waals surface area contributed by atoms with E-state index in [1.807, 2.05) is 18.2 Å². The molecule has 0 saturated carbocycles. The number of benzene rings is 1. The maximum absolute atomic E-state index is 13.0. The number of amides is 1. The van der Waals surface area contributed by atoms with Gasteiger partial charge in [0.25, 0.3) is 5.91 Å². The molecule has 204 valence electrons. The Kier molecular flexibility index (Phi) is 12.0. The summed E-state index contributed by atoms with van der Waals surface area (Å²) in [5.41, 5.74) is 0.596. The number of carboxylic acid groups (broad SMARTS) is 1. The van der Waals surface area contributed by atoms with Crippen LogP contribution in [-0.2, 0) is 19.6 Å². The van der Waals surface area contributed by atoms with Crippen LogP contribution in [0.2, 0.25) is 0 Å². The van der Waals surface area contributed by atoms with E-state index in [0.29, 0.717) is 38.3 Å². The predicted octanol–water partition coefficient (Wildman–Crippen LogP) is 0.719. The lowest BCUT2D eigenvalue weighted by Crippen LogP contribution is -2.48. The van der Waals surface area contributed by atoms with Crippen LogP contribution in [0.15, 0.2) is 30.3 Å². The monoisotopic (exact) mass is 538 g/mol. The fourth-order valence-electron chi connectivity index (χ4n) is 3.67. The van der Waals surface area contributed by atoms with Crippen molar-refractivity contribution in [3.05, 3.63) is 35.9 Å². The summed E-state index contributed by atoms with van der Waals surface area (Å²) in [5, 5.41) is 10.3. The minimum absolute atomic E-state index is 0.0386. The zero-order valence-corrected chi connectivity index (χ0v) is 20.8. The fraction of sp³-hybridized carbons (Fsp3) is 0.636. The molecule has 2 heterocycles. The van der Waals surface area contributed by atoms with Crippen molar-refractivity contribution in [3.63, 3.8) is 0 Å². The van der Waals surface area contributed by atoms with E-state index < -0.39 is 22.2 Å². The lowest BCUT2D eigenvalue weighted by atomic mass is 10.2. The second kappa shape index (κ2) is 14.5. The van der Waals surface area contributed by atoms with Gasteiger partial charge in [0.05, 0.1) is 19.0 Å². The summed E-state index contributed by atoms with van der Waals surface area (Å²) in [7, 11) is -3.37. The summed E-state index contributed by atoms with van der Waals surface area (Å²) < 4.78 is 64.1. The summed E-state index contributed by atoms with van der Waals surface area (Å²) in [5.74, 6) is -2.90. The number of nitrogens with zero attached hydrogens (tertiary/aromatic N) is 3. The van der Waals surface area contributed by atoms with E-state index in [-0.39, 0.29) is 18.2 Å². The van der Waals surface area contributed by atoms with Gasteiger partial charge in [-0.05, 0) is 18.6 Å². The molecule has 0 aromatic heterocycles. The number of hydrogen-bond donors (Lipinski definition) is 2. The number of halogens is 3. The third kappa shape index (κ3) is 10.4. The zero-order chi connectivity index (χ0) is 26.6. The van der Waals surface area contributed by atoms with Crippen LogP contribution < -0.4 is 5.32 Å². The number of carbonyl (C=O) groups is 2. The standard InChI is InChI=1S/C20H32N4O4S.C2HF3O2/c25-20(19-5-2-1-3-6-19)23(10-4-9-22-13-16-28-17-14-22)15-18-29(26,27)24-11-7-21-8-12-24;3-2(4,5)1(6)7/h1-3,5-6,21H,4,7-18H2;(H,6,7). The quantitative estimate of drug-likeness (QED) is 0.472. The minimum atomic E-state index is -5.08. The van der Waals surface area contributed by atoms with Gasteiger partial charge >= 0.3 is 12.1 Å². The van der Waals surface area contributed by atoms with E-state index in [4.69, 9.17) is 14.6 Å². The molecule has 2 fully saturated rings. The molecule has 0 spiro atoms. The van der Waals surface area contributed by atoms with Gasteiger partial charge in [0.2, 0.25) is 10.0 Å². The van der Waals surface area contributed by atoms with Crippen LogP contribution in [0.1, 0.15) is 16.8 Å². The van der Waals surface area contributed by atoms with Crippen LogP contribution in [0.3, 0.4) is 0 Å². The van der Waals surface area contributed by atoms with Crippen molar-refractivity contribution in [3.8, 4) is 0 Å². The summed E-state index contributed by atoms with van der Waals surface area (Å²) >= 11 is 0. The highest BCUT2D eigenvalue weighted by atomic mass is 32.2. The Hall–Kier alpha value is -2.26. The normalized spacial score (nSPS) is 17.6. The third-order valence-corrected chi connectivity index (χ3v) is 7.50. The molecule has 10 nitrogen and oxygen atoms in total. The first-order valence-electron chi connectivity index (χ1n) is 11.6. The van der Waals surface area contributed by atoms with E-state index in [2.05, 4.69) is 10.2 Å². The van der Waals surface area contributed by atoms with Crippen molar-refractivity contribution in [2.24, 2.45) is 0 Å². The summed E-state index contributed by atoms with van der Waals surface area (Å²) in [6.45, 7) is 7.27. The van der Waals surface area contributed by atoms with Crippen molar-refractivity contribution in [2.75, 3.05) is 77.9 Å². The van der Waals surface area contributed by atoms with Crippen molar-refractivity contribution < 1.29 is 41.0 Å². The Morgan fingerprint density at radius 3 is 2.17 bits per heavy atom. The highest BCUT2D eigenvalue weighted by Gasteiger charge is 2.38. The topological polar surface area (TPSA) is 119 Å². The highest BCUT2D eigenvalue weighted by Crippen LogP contribution is 2.13. The number of alkyl halides is 3. The van der Waals surface area contributed by atoms with Crippen LogP contribution in [0.4, 0.5) is 13.2 Å². The Labute approximate surface area is 209 Å². The summed E-state index contributed by atoms with van der Waals surface area (Å²) in [6, 6.07) is 9.09. The third-order valence-electron chi connectivity index (χ3n) is 5.65. The zero-order valence-electron chi connectivity index (χ0n) is 20.0. The van der Waals surface area contributed by atoms with Gasteiger partial charge in [-0.1, -0.05) is 18.2 Å². The lowest BCUT2D eigenvalue weighted by molar-refractivity contribution is -0.192. The Bertz CT molecular complexity index is 921. The molecular formula is C22H33F3N4O6S. The molecule has 0 bridgehead atoms. The number of rotatable bonds is 9. The Morgan fingerprint density at radius 1 is 1.03 bits per heavy atom. The maximum atomic E-state index is 13.0. The number of nitrogens with one attached hydrogen (secondary N) is 1. The number of carboxylic acids is 1. The van der Waals surface area contributed by atoms with E-state index in [1.54, 1.807) is 17.0 Å². The summed E-state index contributed by atoms with van der Waals surface area (Å²) in [4.78, 5) is 25.9. The van der Waals surface area contributed by atoms with Gasteiger partial charge in [-0.25, -0.2) is 13.2 Å². The van der Waals surface area contributed by atoms with Gasteiger partial charge in [-0.2, -0.15) is 17.5 Å². The SMILES string of the molecule is O=C(O)C(F)(F)F.O=C(c1ccccc1)N(CCCN1CCOCC1)CCS(=O)(=O)N1CCNCC1. The van der Waals surface area contributed by atoms with Gasteiger partial charge < -0.3 is 20.1 Å². The number of ether oxygens (including phenoxy) is 1. The first kappa shape index (κ1) is 30.0. The molecule has 2 N–H and O–H groups in total. The predicted molar refractivity (Wildman–Crippen MR) is 126 cm³/mol. The van der Waals surface area contributed by atoms with E-state index in [9.17, 15) is 26.4 Å². The summed E-state index contributed by atoms with van der Waals surface area (Å²) in [6.07, 6.45) is -4.27. The first-order chi connectivity index (χ1) is 17.0. The molecule has 3 rings (SSSR count). The van der Waals surface area contributed by atoms with E-state index >= 15 is 0 Å². The average molecular weight is 539 g/mol. The number of piperazine rings is 1. The number of morpholine rings is 1. The van der Waals surface area contributed by atoms with Crippen molar-refractivity contribution in [1.29, 1.82) is 0 Å². The molecule has 36 heavy (non-hydrogen) atoms. The van der Waals surface area contributed by atoms with Crippen LogP contribution in [0.25, 0.3) is 0 Å². The lowest BCUT2D eigenvalue weighted by Gasteiger charge is -2.30. The van der Waals surface area contributed by atoms with Crippen LogP contribution in [-0.4, -0.2) is 124 Å². The van der Waals surface area contributed by atoms with Crippen LogP contribution >= 0.6 is 0 Å². The van der Waals surface area contributed by atoms with Gasteiger partial charge in [0.15, 0.2) is 0 Å².